The molecule has 2 rings (SSSR count). The minimum Gasteiger partial charge on any atom is -0.464 e. The fraction of sp³-hybridized carbons (Fsp3) is 0.643. The summed E-state index contributed by atoms with van der Waals surface area (Å²) >= 11 is 0. The Morgan fingerprint density at radius 3 is 2.70 bits per heavy atom. The zero-order valence-electron chi connectivity index (χ0n) is 12.2. The summed E-state index contributed by atoms with van der Waals surface area (Å²) in [7, 11) is 0. The van der Waals surface area contributed by atoms with Gasteiger partial charge in [0.15, 0.2) is 5.79 Å². The summed E-state index contributed by atoms with van der Waals surface area (Å²) in [5.41, 5.74) is 0. The summed E-state index contributed by atoms with van der Waals surface area (Å²) < 4.78 is 16.4. The van der Waals surface area contributed by atoms with Crippen LogP contribution in [0, 0.1) is 6.92 Å². The van der Waals surface area contributed by atoms with Crippen LogP contribution in [0.25, 0.3) is 0 Å². The molecule has 1 aliphatic heterocycles. The minimum atomic E-state index is -0.572. The summed E-state index contributed by atoms with van der Waals surface area (Å²) in [4.78, 5) is 11.8. The van der Waals surface area contributed by atoms with Gasteiger partial charge in [0.05, 0.1) is 19.3 Å². The van der Waals surface area contributed by atoms with Crippen LogP contribution in [-0.2, 0) is 9.47 Å². The zero-order valence-corrected chi connectivity index (χ0v) is 12.2. The molecule has 0 spiro atoms. The fourth-order valence-corrected chi connectivity index (χ4v) is 2.11. The lowest BCUT2D eigenvalue weighted by Crippen LogP contribution is -2.40. The van der Waals surface area contributed by atoms with Crippen LogP contribution >= 0.6 is 0 Å². The molecule has 6 heteroatoms. The summed E-state index contributed by atoms with van der Waals surface area (Å²) in [6.45, 7) is 7.34. The van der Waals surface area contributed by atoms with E-state index in [9.17, 15) is 4.79 Å². The SMILES string of the molecule is Cc1ccc([C@@H](C)NC(=O)NCCC2(C)OCCO2)o1. The lowest BCUT2D eigenvalue weighted by atomic mass is 10.2. The highest BCUT2D eigenvalue weighted by Gasteiger charge is 2.30. The second-order valence-electron chi connectivity index (χ2n) is 5.15. The Morgan fingerprint density at radius 1 is 1.40 bits per heavy atom. The highest BCUT2D eigenvalue weighted by atomic mass is 16.7. The Kier molecular flexibility index (Phi) is 4.67. The van der Waals surface area contributed by atoms with Gasteiger partial charge in [-0.1, -0.05) is 0 Å². The number of hydrogen-bond donors (Lipinski definition) is 2. The van der Waals surface area contributed by atoms with E-state index in [4.69, 9.17) is 13.9 Å². The molecule has 2 amide bonds. The van der Waals surface area contributed by atoms with Gasteiger partial charge in [-0.2, -0.15) is 0 Å². The van der Waals surface area contributed by atoms with Crippen molar-refractivity contribution in [3.05, 3.63) is 23.7 Å². The predicted octanol–water partition coefficient (Wildman–Crippen LogP) is 2.10. The standard InChI is InChI=1S/C14H22N2O4/c1-10-4-5-12(20-10)11(2)16-13(17)15-7-6-14(3)18-8-9-19-14/h4-5,11H,6-9H2,1-3H3,(H2,15,16,17)/t11-/m1/s1. The number of hydrogen-bond acceptors (Lipinski definition) is 4. The molecule has 0 radical (unpaired) electrons. The summed E-state index contributed by atoms with van der Waals surface area (Å²) in [5.74, 6) is 1.00. The Morgan fingerprint density at radius 2 is 2.10 bits per heavy atom. The van der Waals surface area contributed by atoms with Crippen LogP contribution in [0.5, 0.6) is 0 Å². The van der Waals surface area contributed by atoms with Crippen LogP contribution in [0.2, 0.25) is 0 Å². The summed E-state index contributed by atoms with van der Waals surface area (Å²) in [6, 6.07) is 3.34. The van der Waals surface area contributed by atoms with E-state index in [2.05, 4.69) is 10.6 Å². The first-order valence-corrected chi connectivity index (χ1v) is 6.87. The van der Waals surface area contributed by atoms with Crippen molar-refractivity contribution in [3.8, 4) is 0 Å². The van der Waals surface area contributed by atoms with Crippen molar-refractivity contribution in [2.75, 3.05) is 19.8 Å². The minimum absolute atomic E-state index is 0.168. The van der Waals surface area contributed by atoms with Crippen LogP contribution < -0.4 is 10.6 Å². The van der Waals surface area contributed by atoms with E-state index in [0.717, 1.165) is 11.5 Å². The molecule has 2 heterocycles. The number of carbonyl (C=O) groups excluding carboxylic acids is 1. The number of urea groups is 1. The topological polar surface area (TPSA) is 72.7 Å². The first kappa shape index (κ1) is 14.9. The van der Waals surface area contributed by atoms with Gasteiger partial charge >= 0.3 is 6.03 Å². The number of rotatable bonds is 5. The molecule has 1 atom stereocenters. The first-order valence-electron chi connectivity index (χ1n) is 6.87. The van der Waals surface area contributed by atoms with Crippen LogP contribution in [0.1, 0.15) is 37.8 Å². The summed E-state index contributed by atoms with van der Waals surface area (Å²) in [6.07, 6.45) is 0.620. The second-order valence-corrected chi connectivity index (χ2v) is 5.15. The van der Waals surface area contributed by atoms with Crippen LogP contribution in [0.15, 0.2) is 16.5 Å². The van der Waals surface area contributed by atoms with E-state index in [1.807, 2.05) is 32.9 Å². The third-order valence-electron chi connectivity index (χ3n) is 3.30. The van der Waals surface area contributed by atoms with Crippen molar-refractivity contribution in [2.45, 2.75) is 39.0 Å². The molecule has 1 aliphatic rings. The molecule has 0 aliphatic carbocycles. The third-order valence-corrected chi connectivity index (χ3v) is 3.30. The molecule has 112 valence electrons. The maximum absolute atomic E-state index is 11.8. The van der Waals surface area contributed by atoms with Gasteiger partial charge in [0.2, 0.25) is 0 Å². The number of amides is 2. The van der Waals surface area contributed by atoms with Gasteiger partial charge in [-0.15, -0.1) is 0 Å². The molecule has 1 fully saturated rings. The molecule has 0 saturated carbocycles. The Balaban J connectivity index is 1.70. The van der Waals surface area contributed by atoms with E-state index >= 15 is 0 Å². The van der Waals surface area contributed by atoms with Crippen molar-refractivity contribution < 1.29 is 18.7 Å². The second kappa shape index (κ2) is 6.28. The third kappa shape index (κ3) is 3.98. The number of carbonyl (C=O) groups is 1. The molecule has 2 N–H and O–H groups in total. The molecule has 1 aromatic rings. The number of furan rings is 1. The Labute approximate surface area is 118 Å². The monoisotopic (exact) mass is 282 g/mol. The van der Waals surface area contributed by atoms with Gasteiger partial charge in [-0.3, -0.25) is 0 Å². The normalized spacial score (nSPS) is 18.8. The van der Waals surface area contributed by atoms with E-state index in [-0.39, 0.29) is 12.1 Å². The molecule has 1 saturated heterocycles. The molecule has 1 aromatic heterocycles. The zero-order chi connectivity index (χ0) is 14.6. The van der Waals surface area contributed by atoms with Gasteiger partial charge in [0, 0.05) is 13.0 Å². The Hall–Kier alpha value is -1.53. The van der Waals surface area contributed by atoms with E-state index in [1.54, 1.807) is 0 Å². The van der Waals surface area contributed by atoms with Gasteiger partial charge in [-0.25, -0.2) is 4.79 Å². The van der Waals surface area contributed by atoms with Crippen molar-refractivity contribution in [1.29, 1.82) is 0 Å². The predicted molar refractivity (Wildman–Crippen MR) is 73.3 cm³/mol. The first-order chi connectivity index (χ1) is 9.48. The highest BCUT2D eigenvalue weighted by molar-refractivity contribution is 5.74. The molecule has 20 heavy (non-hydrogen) atoms. The molecular formula is C14H22N2O4. The highest BCUT2D eigenvalue weighted by Crippen LogP contribution is 2.21. The van der Waals surface area contributed by atoms with Crippen molar-refractivity contribution in [2.24, 2.45) is 0 Å². The average Bonchev–Trinajstić information content (AvgIpc) is 2.98. The maximum Gasteiger partial charge on any atom is 0.315 e. The molecular weight excluding hydrogens is 260 g/mol. The van der Waals surface area contributed by atoms with Crippen LogP contribution in [0.4, 0.5) is 4.79 Å². The van der Waals surface area contributed by atoms with Gasteiger partial charge < -0.3 is 24.5 Å². The van der Waals surface area contributed by atoms with E-state index < -0.39 is 5.79 Å². The van der Waals surface area contributed by atoms with E-state index in [1.165, 1.54) is 0 Å². The molecule has 6 nitrogen and oxygen atoms in total. The quantitative estimate of drug-likeness (QED) is 0.867. The van der Waals surface area contributed by atoms with E-state index in [0.29, 0.717) is 26.2 Å². The molecule has 0 aromatic carbocycles. The molecule has 0 bridgehead atoms. The average molecular weight is 282 g/mol. The van der Waals surface area contributed by atoms with Crippen molar-refractivity contribution >= 4 is 6.03 Å². The summed E-state index contributed by atoms with van der Waals surface area (Å²) in [5, 5.41) is 5.61. The molecule has 0 unspecified atom stereocenters. The van der Waals surface area contributed by atoms with Gasteiger partial charge in [0.1, 0.15) is 11.5 Å². The van der Waals surface area contributed by atoms with Crippen LogP contribution in [-0.4, -0.2) is 31.6 Å². The lowest BCUT2D eigenvalue weighted by Gasteiger charge is -2.22. The number of aryl methyl sites for hydroxylation is 1. The van der Waals surface area contributed by atoms with Crippen LogP contribution in [0.3, 0.4) is 0 Å². The van der Waals surface area contributed by atoms with Crippen molar-refractivity contribution in [1.82, 2.24) is 10.6 Å². The maximum atomic E-state index is 11.8. The van der Waals surface area contributed by atoms with Gasteiger partial charge in [-0.05, 0) is 32.9 Å². The van der Waals surface area contributed by atoms with Gasteiger partial charge in [0.25, 0.3) is 0 Å². The fourth-order valence-electron chi connectivity index (χ4n) is 2.11. The van der Waals surface area contributed by atoms with Crippen molar-refractivity contribution in [3.63, 3.8) is 0 Å². The lowest BCUT2D eigenvalue weighted by molar-refractivity contribution is -0.145. The largest absolute Gasteiger partial charge is 0.464 e. The number of nitrogens with one attached hydrogen (secondary N) is 2. The smallest absolute Gasteiger partial charge is 0.315 e. The Bertz CT molecular complexity index is 452. The number of ether oxygens (including phenoxy) is 2.